The first-order valence-corrected chi connectivity index (χ1v) is 8.91. The van der Waals surface area contributed by atoms with Gasteiger partial charge in [-0.3, -0.25) is 10.1 Å². The molecule has 2 aromatic rings. The second-order valence-corrected chi connectivity index (χ2v) is 6.79. The number of nitro groups is 1. The third-order valence-electron chi connectivity index (χ3n) is 3.01. The van der Waals surface area contributed by atoms with Gasteiger partial charge in [-0.1, -0.05) is 11.6 Å². The van der Waals surface area contributed by atoms with Gasteiger partial charge in [0.2, 0.25) is 0 Å². The molecule has 0 unspecified atom stereocenters. The largest absolute Gasteiger partial charge is 0.494 e. The lowest BCUT2D eigenvalue weighted by Gasteiger charge is -2.06. The lowest BCUT2D eigenvalue weighted by atomic mass is 10.2. The van der Waals surface area contributed by atoms with Crippen LogP contribution < -0.4 is 9.57 Å². The Morgan fingerprint density at radius 3 is 2.56 bits per heavy atom. The Balaban J connectivity index is 2.15. The summed E-state index contributed by atoms with van der Waals surface area (Å²) in [5, 5.41) is 14.6. The van der Waals surface area contributed by atoms with Crippen LogP contribution in [0.1, 0.15) is 12.5 Å². The number of halogens is 1. The lowest BCUT2D eigenvalue weighted by molar-refractivity contribution is -0.384. The SMILES string of the molecule is CCOc1ccc(S(=O)(=O)N/N=C\c2cc([N+](=O)[O-])ccc2Cl)cc1. The van der Waals surface area contributed by atoms with Crippen LogP contribution in [0, 0.1) is 10.1 Å². The number of nitro benzene ring substituents is 1. The summed E-state index contributed by atoms with van der Waals surface area (Å²) in [5.41, 5.74) is 0.0329. The summed E-state index contributed by atoms with van der Waals surface area (Å²) >= 11 is 5.91. The summed E-state index contributed by atoms with van der Waals surface area (Å²) < 4.78 is 29.5. The molecular formula is C15H14ClN3O5S. The highest BCUT2D eigenvalue weighted by atomic mass is 35.5. The molecule has 0 saturated heterocycles. The Hall–Kier alpha value is -2.65. The summed E-state index contributed by atoms with van der Waals surface area (Å²) in [6.07, 6.45) is 1.10. The number of rotatable bonds is 7. The van der Waals surface area contributed by atoms with E-state index in [2.05, 4.69) is 5.10 Å². The van der Waals surface area contributed by atoms with Gasteiger partial charge in [0, 0.05) is 22.7 Å². The van der Waals surface area contributed by atoms with E-state index < -0.39 is 14.9 Å². The van der Waals surface area contributed by atoms with Crippen LogP contribution in [0.15, 0.2) is 52.5 Å². The van der Waals surface area contributed by atoms with Gasteiger partial charge in [-0.05, 0) is 37.3 Å². The molecule has 0 atom stereocenters. The van der Waals surface area contributed by atoms with Gasteiger partial charge in [-0.2, -0.15) is 13.5 Å². The van der Waals surface area contributed by atoms with Crippen molar-refractivity contribution in [3.8, 4) is 5.75 Å². The van der Waals surface area contributed by atoms with Crippen LogP contribution in [-0.2, 0) is 10.0 Å². The molecule has 0 radical (unpaired) electrons. The predicted octanol–water partition coefficient (Wildman–Crippen LogP) is 2.96. The standard InChI is InChI=1S/C15H14ClN3O5S/c1-2-24-13-4-6-14(7-5-13)25(22,23)18-17-10-11-9-12(19(20)21)3-8-15(11)16/h3-10,18H,2H2,1H3/b17-10-. The van der Waals surface area contributed by atoms with Crippen molar-refractivity contribution in [3.63, 3.8) is 0 Å². The topological polar surface area (TPSA) is 111 Å². The molecule has 0 saturated carbocycles. The zero-order valence-electron chi connectivity index (χ0n) is 13.0. The smallest absolute Gasteiger partial charge is 0.276 e. The molecule has 0 aromatic heterocycles. The van der Waals surface area contributed by atoms with E-state index in [0.29, 0.717) is 12.4 Å². The number of sulfonamides is 1. The number of hydrazone groups is 1. The van der Waals surface area contributed by atoms with Gasteiger partial charge >= 0.3 is 0 Å². The third-order valence-corrected chi connectivity index (χ3v) is 4.59. The number of ether oxygens (including phenoxy) is 1. The fourth-order valence-electron chi connectivity index (χ4n) is 1.84. The molecule has 8 nitrogen and oxygen atoms in total. The number of benzene rings is 2. The molecule has 0 bridgehead atoms. The molecule has 0 aliphatic heterocycles. The molecule has 0 fully saturated rings. The quantitative estimate of drug-likeness (QED) is 0.449. The molecule has 25 heavy (non-hydrogen) atoms. The van der Waals surface area contributed by atoms with Crippen LogP contribution >= 0.6 is 11.6 Å². The Morgan fingerprint density at radius 2 is 1.96 bits per heavy atom. The Bertz CT molecular complexity index is 898. The van der Waals surface area contributed by atoms with Crippen molar-refractivity contribution in [2.45, 2.75) is 11.8 Å². The highest BCUT2D eigenvalue weighted by Crippen LogP contribution is 2.20. The molecule has 132 valence electrons. The Morgan fingerprint density at radius 1 is 1.28 bits per heavy atom. The third kappa shape index (κ3) is 4.91. The number of nitrogens with one attached hydrogen (secondary N) is 1. The van der Waals surface area contributed by atoms with Crippen molar-refractivity contribution in [1.82, 2.24) is 4.83 Å². The molecule has 0 spiro atoms. The first-order chi connectivity index (χ1) is 11.8. The average molecular weight is 384 g/mol. The van der Waals surface area contributed by atoms with E-state index in [9.17, 15) is 18.5 Å². The number of nitrogens with zero attached hydrogens (tertiary/aromatic N) is 2. The van der Waals surface area contributed by atoms with Crippen LogP contribution in [0.5, 0.6) is 5.75 Å². The molecule has 0 amide bonds. The van der Waals surface area contributed by atoms with Crippen molar-refractivity contribution in [1.29, 1.82) is 0 Å². The van der Waals surface area contributed by atoms with E-state index in [0.717, 1.165) is 6.21 Å². The minimum atomic E-state index is -3.88. The van der Waals surface area contributed by atoms with Gasteiger partial charge in [0.25, 0.3) is 15.7 Å². The van der Waals surface area contributed by atoms with Gasteiger partial charge in [-0.15, -0.1) is 0 Å². The van der Waals surface area contributed by atoms with Crippen LogP contribution in [0.25, 0.3) is 0 Å². The molecule has 0 aliphatic carbocycles. The van der Waals surface area contributed by atoms with E-state index in [4.69, 9.17) is 16.3 Å². The summed E-state index contributed by atoms with van der Waals surface area (Å²) in [4.78, 5) is 12.2. The summed E-state index contributed by atoms with van der Waals surface area (Å²) in [7, 11) is -3.88. The molecule has 1 N–H and O–H groups in total. The zero-order chi connectivity index (χ0) is 18.4. The van der Waals surface area contributed by atoms with Crippen molar-refractivity contribution >= 4 is 33.5 Å². The van der Waals surface area contributed by atoms with Crippen molar-refractivity contribution in [3.05, 3.63) is 63.2 Å². The Labute approximate surface area is 149 Å². The highest BCUT2D eigenvalue weighted by Gasteiger charge is 2.13. The second kappa shape index (κ2) is 7.95. The normalized spacial score (nSPS) is 11.4. The van der Waals surface area contributed by atoms with Crippen LogP contribution in [0.3, 0.4) is 0 Å². The van der Waals surface area contributed by atoms with Gasteiger partial charge < -0.3 is 4.74 Å². The maximum Gasteiger partial charge on any atom is 0.276 e. The van der Waals surface area contributed by atoms with Gasteiger partial charge in [-0.25, -0.2) is 4.83 Å². The fourth-order valence-corrected chi connectivity index (χ4v) is 2.80. The molecular weight excluding hydrogens is 370 g/mol. The van der Waals surface area contributed by atoms with Gasteiger partial charge in [0.1, 0.15) is 5.75 Å². The second-order valence-electron chi connectivity index (χ2n) is 4.72. The minimum absolute atomic E-state index is 0.00163. The Kier molecular flexibility index (Phi) is 5.94. The monoisotopic (exact) mass is 383 g/mol. The van der Waals surface area contributed by atoms with E-state index in [1.807, 2.05) is 11.8 Å². The fraction of sp³-hybridized carbons (Fsp3) is 0.133. The van der Waals surface area contributed by atoms with E-state index in [1.54, 1.807) is 0 Å². The minimum Gasteiger partial charge on any atom is -0.494 e. The van der Waals surface area contributed by atoms with Crippen molar-refractivity contribution < 1.29 is 18.1 Å². The predicted molar refractivity (Wildman–Crippen MR) is 93.6 cm³/mol. The number of non-ortho nitro benzene ring substituents is 1. The van der Waals surface area contributed by atoms with Gasteiger partial charge in [0.05, 0.1) is 22.6 Å². The van der Waals surface area contributed by atoms with E-state index in [1.165, 1.54) is 42.5 Å². The summed E-state index contributed by atoms with van der Waals surface area (Å²) in [5.74, 6) is 0.549. The van der Waals surface area contributed by atoms with Crippen LogP contribution in [0.2, 0.25) is 5.02 Å². The summed E-state index contributed by atoms with van der Waals surface area (Å²) in [6, 6.07) is 9.58. The average Bonchev–Trinajstić information content (AvgIpc) is 2.57. The molecule has 0 aliphatic rings. The highest BCUT2D eigenvalue weighted by molar-refractivity contribution is 7.89. The van der Waals surface area contributed by atoms with E-state index in [-0.39, 0.29) is 21.2 Å². The van der Waals surface area contributed by atoms with Crippen LogP contribution in [0.4, 0.5) is 5.69 Å². The van der Waals surface area contributed by atoms with Crippen molar-refractivity contribution in [2.75, 3.05) is 6.61 Å². The lowest BCUT2D eigenvalue weighted by Crippen LogP contribution is -2.18. The first-order valence-electron chi connectivity index (χ1n) is 7.05. The number of hydrogen-bond donors (Lipinski definition) is 1. The summed E-state index contributed by atoms with van der Waals surface area (Å²) in [6.45, 7) is 2.29. The molecule has 10 heteroatoms. The van der Waals surface area contributed by atoms with Gasteiger partial charge in [0.15, 0.2) is 0 Å². The molecule has 0 heterocycles. The number of hydrogen-bond acceptors (Lipinski definition) is 6. The van der Waals surface area contributed by atoms with E-state index >= 15 is 0 Å². The first kappa shape index (κ1) is 18.7. The maximum absolute atomic E-state index is 12.1. The molecule has 2 rings (SSSR count). The van der Waals surface area contributed by atoms with Crippen molar-refractivity contribution in [2.24, 2.45) is 5.10 Å². The van der Waals surface area contributed by atoms with Crippen LogP contribution in [-0.4, -0.2) is 26.2 Å². The maximum atomic E-state index is 12.1. The molecule has 2 aromatic carbocycles. The zero-order valence-corrected chi connectivity index (χ0v) is 14.6.